The number of methoxy groups -OCH3 is 2. The number of likely N-dealkylation sites (tertiary alicyclic amines) is 1. The molecule has 10 heteroatoms. The van der Waals surface area contributed by atoms with E-state index in [4.69, 9.17) is 23.7 Å². The summed E-state index contributed by atoms with van der Waals surface area (Å²) in [5.41, 5.74) is 0.177. The van der Waals surface area contributed by atoms with Crippen LogP contribution in [0.5, 0.6) is 0 Å². The second-order valence-corrected chi connectivity index (χ2v) is 8.74. The molecule has 0 unspecified atom stereocenters. The molecule has 1 aromatic carbocycles. The van der Waals surface area contributed by atoms with Gasteiger partial charge in [0.1, 0.15) is 37.6 Å². The van der Waals surface area contributed by atoms with Crippen LogP contribution in [0.25, 0.3) is 0 Å². The monoisotopic (exact) mass is 462 g/mol. The first-order chi connectivity index (χ1) is 15.6. The van der Waals surface area contributed by atoms with Gasteiger partial charge in [-0.05, 0) is 38.5 Å². The lowest BCUT2D eigenvalue weighted by Gasteiger charge is -2.47. The zero-order valence-electron chi connectivity index (χ0n) is 19.5. The maximum Gasteiger partial charge on any atom is 0.412 e. The van der Waals surface area contributed by atoms with Crippen LogP contribution in [-0.4, -0.2) is 86.0 Å². The Balaban J connectivity index is 2.08. The molecule has 3 atom stereocenters. The van der Waals surface area contributed by atoms with E-state index in [1.54, 1.807) is 45.0 Å². The summed E-state index contributed by atoms with van der Waals surface area (Å²) in [7, 11) is 2.90. The van der Waals surface area contributed by atoms with Gasteiger partial charge in [0.05, 0.1) is 11.1 Å². The second-order valence-electron chi connectivity index (χ2n) is 8.74. The quantitative estimate of drug-likeness (QED) is 0.346. The van der Waals surface area contributed by atoms with E-state index >= 15 is 0 Å². The molecule has 0 aliphatic carbocycles. The predicted octanol–water partition coefficient (Wildman–Crippen LogP) is 2.39. The molecule has 3 rings (SSSR count). The summed E-state index contributed by atoms with van der Waals surface area (Å²) in [5.74, 6) is -1.09. The van der Waals surface area contributed by atoms with Crippen molar-refractivity contribution >= 4 is 17.9 Å². The standard InChI is InChI=1S/C23H30N2O8/c1-14-11-24(22(28)33-23(2,3)4)19(18(32-13-30-6)17(14)31-12-29-5)25-20(26)15-9-7-8-10-16(15)21(25)27/h7-10,17-19H,1,11-13H2,2-6H3/t17-,18+,19+/m1/s1. The lowest BCUT2D eigenvalue weighted by Crippen LogP contribution is -2.67. The number of amides is 3. The Morgan fingerprint density at radius 2 is 1.58 bits per heavy atom. The number of hydrogen-bond donors (Lipinski definition) is 0. The van der Waals surface area contributed by atoms with Crippen molar-refractivity contribution in [2.24, 2.45) is 0 Å². The van der Waals surface area contributed by atoms with Crippen molar-refractivity contribution in [1.29, 1.82) is 0 Å². The predicted molar refractivity (Wildman–Crippen MR) is 116 cm³/mol. The minimum Gasteiger partial charge on any atom is -0.444 e. The fourth-order valence-electron chi connectivity index (χ4n) is 3.87. The second kappa shape index (κ2) is 10.0. The molecular weight excluding hydrogens is 432 g/mol. The van der Waals surface area contributed by atoms with Crippen molar-refractivity contribution in [3.8, 4) is 0 Å². The normalized spacial score (nSPS) is 23.2. The van der Waals surface area contributed by atoms with Gasteiger partial charge in [-0.1, -0.05) is 18.7 Å². The lowest BCUT2D eigenvalue weighted by atomic mass is 9.95. The number of rotatable bonds is 7. The van der Waals surface area contributed by atoms with Gasteiger partial charge >= 0.3 is 6.09 Å². The van der Waals surface area contributed by atoms with Gasteiger partial charge in [0.2, 0.25) is 0 Å². The maximum absolute atomic E-state index is 13.3. The first-order valence-corrected chi connectivity index (χ1v) is 10.5. The SMILES string of the molecule is C=C1CN(C(=O)OC(C)(C)C)[C@@H](N2C(=O)c3ccccc3C2=O)[C@@H](OCOC)[C@@H]1OCOC. The summed E-state index contributed by atoms with van der Waals surface area (Å²) in [6.07, 6.45) is -3.68. The average Bonchev–Trinajstić information content (AvgIpc) is 3.00. The molecule has 33 heavy (non-hydrogen) atoms. The largest absolute Gasteiger partial charge is 0.444 e. The molecule has 0 N–H and O–H groups in total. The van der Waals surface area contributed by atoms with Crippen LogP contribution < -0.4 is 0 Å². The van der Waals surface area contributed by atoms with E-state index in [0.717, 1.165) is 4.90 Å². The first kappa shape index (κ1) is 24.8. The number of fused-ring (bicyclic) bond motifs is 1. The zero-order chi connectivity index (χ0) is 24.3. The highest BCUT2D eigenvalue weighted by atomic mass is 16.7. The smallest absolute Gasteiger partial charge is 0.412 e. The molecule has 10 nitrogen and oxygen atoms in total. The van der Waals surface area contributed by atoms with E-state index in [0.29, 0.717) is 5.57 Å². The fraction of sp³-hybridized carbons (Fsp3) is 0.522. The van der Waals surface area contributed by atoms with Gasteiger partial charge in [0.25, 0.3) is 11.8 Å². The number of carbonyl (C=O) groups excluding carboxylic acids is 3. The third kappa shape index (κ3) is 5.09. The van der Waals surface area contributed by atoms with Gasteiger partial charge in [-0.3, -0.25) is 14.5 Å². The Kier molecular flexibility index (Phi) is 7.53. The van der Waals surface area contributed by atoms with Crippen molar-refractivity contribution in [1.82, 2.24) is 9.80 Å². The van der Waals surface area contributed by atoms with Crippen molar-refractivity contribution in [2.75, 3.05) is 34.4 Å². The fourth-order valence-corrected chi connectivity index (χ4v) is 3.87. The van der Waals surface area contributed by atoms with Crippen molar-refractivity contribution in [3.63, 3.8) is 0 Å². The molecule has 3 amide bonds. The van der Waals surface area contributed by atoms with E-state index in [2.05, 4.69) is 6.58 Å². The molecule has 180 valence electrons. The highest BCUT2D eigenvalue weighted by Gasteiger charge is 2.53. The summed E-state index contributed by atoms with van der Waals surface area (Å²) >= 11 is 0. The third-order valence-electron chi connectivity index (χ3n) is 5.15. The maximum atomic E-state index is 13.3. The zero-order valence-corrected chi connectivity index (χ0v) is 19.5. The van der Waals surface area contributed by atoms with Crippen LogP contribution in [0, 0.1) is 0 Å². The summed E-state index contributed by atoms with van der Waals surface area (Å²) in [5, 5.41) is 0. The third-order valence-corrected chi connectivity index (χ3v) is 5.15. The van der Waals surface area contributed by atoms with E-state index in [9.17, 15) is 14.4 Å². The van der Waals surface area contributed by atoms with Gasteiger partial charge in [0.15, 0.2) is 0 Å². The van der Waals surface area contributed by atoms with Crippen LogP contribution in [0.3, 0.4) is 0 Å². The molecule has 2 aliphatic heterocycles. The highest BCUT2D eigenvalue weighted by molar-refractivity contribution is 6.21. The molecule has 0 bridgehead atoms. The van der Waals surface area contributed by atoms with Crippen LogP contribution in [0.4, 0.5) is 4.79 Å². The Morgan fingerprint density at radius 3 is 2.09 bits per heavy atom. The van der Waals surface area contributed by atoms with E-state index in [-0.39, 0.29) is 31.3 Å². The molecule has 1 saturated heterocycles. The molecule has 1 fully saturated rings. The van der Waals surface area contributed by atoms with Crippen molar-refractivity contribution in [3.05, 3.63) is 47.5 Å². The Labute approximate surface area is 193 Å². The number of hydrogen-bond acceptors (Lipinski definition) is 8. The first-order valence-electron chi connectivity index (χ1n) is 10.5. The number of imide groups is 1. The van der Waals surface area contributed by atoms with Crippen LogP contribution >= 0.6 is 0 Å². The Hall–Kier alpha value is -2.79. The van der Waals surface area contributed by atoms with Gasteiger partial charge in [-0.2, -0.15) is 0 Å². The van der Waals surface area contributed by atoms with Gasteiger partial charge < -0.3 is 23.7 Å². The van der Waals surface area contributed by atoms with Gasteiger partial charge in [0, 0.05) is 20.8 Å². The van der Waals surface area contributed by atoms with Crippen LogP contribution in [-0.2, 0) is 23.7 Å². The minimum absolute atomic E-state index is 0.0196. The van der Waals surface area contributed by atoms with Gasteiger partial charge in [-0.15, -0.1) is 0 Å². The molecule has 0 spiro atoms. The summed E-state index contributed by atoms with van der Waals surface area (Å²) in [6, 6.07) is 6.48. The topological polar surface area (TPSA) is 104 Å². The number of ether oxygens (including phenoxy) is 5. The lowest BCUT2D eigenvalue weighted by molar-refractivity contribution is -0.187. The van der Waals surface area contributed by atoms with Crippen molar-refractivity contribution in [2.45, 2.75) is 44.7 Å². The van der Waals surface area contributed by atoms with Crippen LogP contribution in [0.15, 0.2) is 36.4 Å². The molecule has 2 heterocycles. The summed E-state index contributed by atoms with van der Waals surface area (Å²) < 4.78 is 27.4. The molecule has 0 saturated carbocycles. The van der Waals surface area contributed by atoms with E-state index in [1.807, 2.05) is 0 Å². The number of nitrogens with zero attached hydrogens (tertiary/aromatic N) is 2. The van der Waals surface area contributed by atoms with E-state index in [1.165, 1.54) is 19.1 Å². The van der Waals surface area contributed by atoms with E-state index < -0.39 is 41.9 Å². The number of benzene rings is 1. The van der Waals surface area contributed by atoms with Crippen LogP contribution in [0.1, 0.15) is 41.5 Å². The summed E-state index contributed by atoms with van der Waals surface area (Å²) in [4.78, 5) is 42.2. The molecule has 0 aromatic heterocycles. The number of carbonyl (C=O) groups is 3. The van der Waals surface area contributed by atoms with Crippen LogP contribution in [0.2, 0.25) is 0 Å². The average molecular weight is 462 g/mol. The molecule has 1 aromatic rings. The molecular formula is C23H30N2O8. The molecule has 0 radical (unpaired) electrons. The van der Waals surface area contributed by atoms with Gasteiger partial charge in [-0.25, -0.2) is 9.69 Å². The number of piperidine rings is 1. The minimum atomic E-state index is -1.17. The Bertz CT molecular complexity index is 890. The molecule has 2 aliphatic rings. The highest BCUT2D eigenvalue weighted by Crippen LogP contribution is 2.35. The van der Waals surface area contributed by atoms with Crippen molar-refractivity contribution < 1.29 is 38.1 Å². The summed E-state index contributed by atoms with van der Waals surface area (Å²) in [6.45, 7) is 8.94. The Morgan fingerprint density at radius 1 is 1.03 bits per heavy atom.